The van der Waals surface area contributed by atoms with Crippen LogP contribution in [0.3, 0.4) is 0 Å². The van der Waals surface area contributed by atoms with Crippen LogP contribution in [0.25, 0.3) is 6.08 Å². The van der Waals surface area contributed by atoms with E-state index < -0.39 is 23.4 Å². The van der Waals surface area contributed by atoms with E-state index in [4.69, 9.17) is 35.9 Å². The molecule has 0 aliphatic carbocycles. The van der Waals surface area contributed by atoms with Crippen molar-refractivity contribution in [1.82, 2.24) is 14.5 Å². The van der Waals surface area contributed by atoms with Crippen LogP contribution in [0.5, 0.6) is 11.5 Å². The first-order valence-electron chi connectivity index (χ1n) is 14.1. The van der Waals surface area contributed by atoms with Gasteiger partial charge in [-0.15, -0.1) is 0 Å². The van der Waals surface area contributed by atoms with Gasteiger partial charge in [0.2, 0.25) is 5.83 Å². The summed E-state index contributed by atoms with van der Waals surface area (Å²) >= 11 is 5.95. The first-order chi connectivity index (χ1) is 20.1. The van der Waals surface area contributed by atoms with Gasteiger partial charge >= 0.3 is 5.97 Å². The van der Waals surface area contributed by atoms with Gasteiger partial charge in [-0.25, -0.2) is 14.2 Å². The third-order valence-corrected chi connectivity index (χ3v) is 8.58. The summed E-state index contributed by atoms with van der Waals surface area (Å²) in [6, 6.07) is 10.3. The Labute approximate surface area is 247 Å². The summed E-state index contributed by atoms with van der Waals surface area (Å²) in [4.78, 5) is 18.1. The lowest BCUT2D eigenvalue weighted by atomic mass is 9.88. The van der Waals surface area contributed by atoms with Gasteiger partial charge in [0.25, 0.3) is 5.79 Å². The molecule has 6 rings (SSSR count). The highest BCUT2D eigenvalue weighted by atomic mass is 35.5. The minimum atomic E-state index is -1.61. The maximum absolute atomic E-state index is 14.8. The highest BCUT2D eigenvalue weighted by Gasteiger charge is 2.43. The van der Waals surface area contributed by atoms with E-state index in [0.717, 1.165) is 49.8 Å². The summed E-state index contributed by atoms with van der Waals surface area (Å²) in [5, 5.41) is 9.38. The van der Waals surface area contributed by atoms with Crippen molar-refractivity contribution < 1.29 is 32.9 Å². The lowest BCUT2D eigenvalue weighted by Gasteiger charge is -2.33. The van der Waals surface area contributed by atoms with Crippen LogP contribution in [0.2, 0.25) is 5.02 Å². The molecule has 42 heavy (non-hydrogen) atoms. The Morgan fingerprint density at radius 3 is 2.64 bits per heavy atom. The number of aryl methyl sites for hydroxylation is 1. The van der Waals surface area contributed by atoms with E-state index >= 15 is 0 Å². The van der Waals surface area contributed by atoms with Gasteiger partial charge < -0.3 is 23.9 Å². The highest BCUT2D eigenvalue weighted by molar-refractivity contribution is 6.30. The normalized spacial score (nSPS) is 22.8. The Morgan fingerprint density at radius 2 is 1.98 bits per heavy atom. The van der Waals surface area contributed by atoms with Crippen molar-refractivity contribution in [2.45, 2.75) is 64.0 Å². The van der Waals surface area contributed by atoms with E-state index in [1.54, 1.807) is 26.0 Å². The second-order valence-corrected chi connectivity index (χ2v) is 11.6. The molecule has 2 saturated heterocycles. The maximum atomic E-state index is 14.8. The molecule has 2 fully saturated rings. The van der Waals surface area contributed by atoms with Gasteiger partial charge in [-0.3, -0.25) is 4.90 Å². The average molecular weight is 600 g/mol. The quantitative estimate of drug-likeness (QED) is 0.309. The molecule has 0 spiro atoms. The molecule has 8 nitrogen and oxygen atoms in total. The van der Waals surface area contributed by atoms with Crippen molar-refractivity contribution in [1.29, 1.82) is 0 Å². The minimum Gasteiger partial charge on any atom is -0.476 e. The number of para-hydroxylation sites is 1. The summed E-state index contributed by atoms with van der Waals surface area (Å²) in [5.74, 6) is -2.44. The summed E-state index contributed by atoms with van der Waals surface area (Å²) in [5.41, 5.74) is 2.33. The molecule has 2 atom stereocenters. The predicted octanol–water partition coefficient (Wildman–Crippen LogP) is 6.19. The summed E-state index contributed by atoms with van der Waals surface area (Å²) < 4.78 is 48.8. The van der Waals surface area contributed by atoms with Crippen LogP contribution in [0.4, 0.5) is 8.78 Å². The van der Waals surface area contributed by atoms with E-state index in [0.29, 0.717) is 47.6 Å². The minimum absolute atomic E-state index is 0.00227. The molecule has 222 valence electrons. The first-order valence-corrected chi connectivity index (χ1v) is 14.5. The number of benzene rings is 2. The first kappa shape index (κ1) is 28.6. The number of imidazole rings is 1. The molecule has 0 amide bonds. The number of hydrogen-bond acceptors (Lipinski definition) is 6. The standard InChI is InChI=1S/C31H32ClF2N3O5/c1-18-26(15-25(34)30(38)39)37(16-21-10-13-40-21)28(35-18)17-36-11-8-19(9-12-36)22-4-3-5-27-29(22)42-31(2,41-27)23-7-6-20(32)14-24(23)33/h3-7,14-15,19,21H,8-13,16-17H2,1-2H3,(H,38,39)/b25-15+. The number of ether oxygens (including phenoxy) is 3. The van der Waals surface area contributed by atoms with Crippen LogP contribution in [0, 0.1) is 12.7 Å². The smallest absolute Gasteiger partial charge is 0.364 e. The number of aliphatic carboxylic acids is 1. The Kier molecular flexibility index (Phi) is 7.72. The third-order valence-electron chi connectivity index (χ3n) is 8.34. The average Bonchev–Trinajstić information content (AvgIpc) is 3.42. The number of fused-ring (bicyclic) bond motifs is 1. The van der Waals surface area contributed by atoms with Crippen LogP contribution in [0.1, 0.15) is 60.4 Å². The number of carbonyl (C=O) groups is 1. The van der Waals surface area contributed by atoms with Crippen LogP contribution in [-0.2, 0) is 28.4 Å². The van der Waals surface area contributed by atoms with E-state index in [1.807, 2.05) is 22.8 Å². The Hall–Kier alpha value is -3.47. The highest BCUT2D eigenvalue weighted by Crippen LogP contribution is 2.49. The van der Waals surface area contributed by atoms with Crippen molar-refractivity contribution in [2.75, 3.05) is 19.7 Å². The number of carboxylic acid groups (broad SMARTS) is 1. The molecule has 3 aromatic rings. The van der Waals surface area contributed by atoms with Crippen LogP contribution in [0.15, 0.2) is 42.2 Å². The van der Waals surface area contributed by atoms with E-state index in [1.165, 1.54) is 6.07 Å². The lowest BCUT2D eigenvalue weighted by Crippen LogP contribution is -2.35. The summed E-state index contributed by atoms with van der Waals surface area (Å²) in [6.07, 6.45) is 3.65. The zero-order valence-corrected chi connectivity index (χ0v) is 24.2. The lowest BCUT2D eigenvalue weighted by molar-refractivity contribution is -0.134. The van der Waals surface area contributed by atoms with Crippen molar-refractivity contribution in [3.8, 4) is 11.5 Å². The number of rotatable bonds is 8. The van der Waals surface area contributed by atoms with Gasteiger partial charge in [0.05, 0.1) is 36.1 Å². The Balaban J connectivity index is 1.17. The zero-order valence-electron chi connectivity index (χ0n) is 23.4. The van der Waals surface area contributed by atoms with Crippen molar-refractivity contribution in [3.63, 3.8) is 0 Å². The van der Waals surface area contributed by atoms with E-state index in [2.05, 4.69) is 4.90 Å². The predicted molar refractivity (Wildman–Crippen MR) is 152 cm³/mol. The third kappa shape index (κ3) is 5.50. The molecule has 4 heterocycles. The number of piperidine rings is 1. The summed E-state index contributed by atoms with van der Waals surface area (Å²) in [7, 11) is 0. The van der Waals surface area contributed by atoms with Crippen LogP contribution >= 0.6 is 11.6 Å². The molecule has 0 radical (unpaired) electrons. The molecule has 0 bridgehead atoms. The van der Waals surface area contributed by atoms with Gasteiger partial charge in [-0.05, 0) is 69.5 Å². The van der Waals surface area contributed by atoms with Crippen molar-refractivity contribution in [3.05, 3.63) is 81.4 Å². The van der Waals surface area contributed by atoms with E-state index in [-0.39, 0.29) is 17.6 Å². The molecule has 11 heteroatoms. The van der Waals surface area contributed by atoms with Gasteiger partial charge in [-0.2, -0.15) is 4.39 Å². The number of hydrogen-bond donors (Lipinski definition) is 1. The topological polar surface area (TPSA) is 86.0 Å². The number of carboxylic acids is 1. The fourth-order valence-electron chi connectivity index (χ4n) is 6.01. The van der Waals surface area contributed by atoms with Gasteiger partial charge in [0.1, 0.15) is 11.6 Å². The molecular weight excluding hydrogens is 568 g/mol. The second kappa shape index (κ2) is 11.3. The Bertz CT molecular complexity index is 1550. The number of nitrogens with zero attached hydrogens (tertiary/aromatic N) is 3. The fourth-order valence-corrected chi connectivity index (χ4v) is 6.16. The molecule has 0 saturated carbocycles. The van der Waals surface area contributed by atoms with Crippen molar-refractivity contribution >= 4 is 23.6 Å². The van der Waals surface area contributed by atoms with E-state index in [9.17, 15) is 13.6 Å². The largest absolute Gasteiger partial charge is 0.476 e. The second-order valence-electron chi connectivity index (χ2n) is 11.2. The zero-order chi connectivity index (χ0) is 29.6. The Morgan fingerprint density at radius 1 is 1.21 bits per heavy atom. The molecular formula is C31H32ClF2N3O5. The maximum Gasteiger partial charge on any atom is 0.364 e. The molecule has 3 aliphatic rings. The van der Waals surface area contributed by atoms with Gasteiger partial charge in [0, 0.05) is 30.2 Å². The molecule has 1 aromatic heterocycles. The summed E-state index contributed by atoms with van der Waals surface area (Å²) in [6.45, 7) is 6.76. The monoisotopic (exact) mass is 599 g/mol. The number of halogens is 3. The fraction of sp³-hybridized carbons (Fsp3) is 0.419. The molecule has 1 N–H and O–H groups in total. The molecule has 2 unspecified atom stereocenters. The molecule has 2 aromatic carbocycles. The number of aromatic nitrogens is 2. The van der Waals surface area contributed by atoms with Crippen LogP contribution < -0.4 is 9.47 Å². The van der Waals surface area contributed by atoms with Crippen LogP contribution in [-0.4, -0.2) is 51.3 Å². The SMILES string of the molecule is Cc1nc(CN2CCC(c3cccc4c3OC(C)(c3ccc(Cl)cc3F)O4)CC2)n(CC2CCO2)c1/C=C(/F)C(=O)O. The molecule has 3 aliphatic heterocycles. The van der Waals surface area contributed by atoms with Crippen molar-refractivity contribution in [2.24, 2.45) is 0 Å². The van der Waals surface area contributed by atoms with Gasteiger partial charge in [-0.1, -0.05) is 23.7 Å². The van der Waals surface area contributed by atoms with Gasteiger partial charge in [0.15, 0.2) is 11.5 Å². The number of likely N-dealkylation sites (tertiary alicyclic amines) is 1.